The monoisotopic (exact) mass is 250 g/mol. The molecule has 0 aliphatic carbocycles. The number of likely N-dealkylation sites (N-methyl/N-ethyl adjacent to an activating group) is 1. The van der Waals surface area contributed by atoms with Crippen molar-refractivity contribution in [2.75, 3.05) is 39.9 Å². The van der Waals surface area contributed by atoms with Gasteiger partial charge in [0.25, 0.3) is 6.43 Å². The molecular weight excluding hydrogens is 226 g/mol. The molecule has 0 bridgehead atoms. The Morgan fingerprint density at radius 2 is 2.18 bits per heavy atom. The highest BCUT2D eigenvalue weighted by Gasteiger charge is 2.26. The highest BCUT2D eigenvalue weighted by molar-refractivity contribution is 4.81. The number of halogens is 2. The van der Waals surface area contributed by atoms with E-state index in [1.165, 1.54) is 0 Å². The Hall–Kier alpha value is -0.260. The normalized spacial score (nSPS) is 22.6. The third kappa shape index (κ3) is 5.75. The van der Waals surface area contributed by atoms with Gasteiger partial charge in [0.1, 0.15) is 0 Å². The SMILES string of the molecule is CCCNC(CN(C)CC(F)F)C1CCOC1. The Labute approximate surface area is 103 Å². The molecule has 0 amide bonds. The lowest BCUT2D eigenvalue weighted by atomic mass is 9.98. The zero-order valence-electron chi connectivity index (χ0n) is 10.8. The Morgan fingerprint density at radius 1 is 1.41 bits per heavy atom. The fourth-order valence-corrected chi connectivity index (χ4v) is 2.23. The van der Waals surface area contributed by atoms with E-state index in [2.05, 4.69) is 12.2 Å². The molecule has 0 aromatic heterocycles. The third-order valence-electron chi connectivity index (χ3n) is 3.15. The molecule has 1 aliphatic heterocycles. The van der Waals surface area contributed by atoms with Gasteiger partial charge < -0.3 is 10.1 Å². The first-order chi connectivity index (χ1) is 8.13. The van der Waals surface area contributed by atoms with E-state index in [0.29, 0.717) is 12.5 Å². The van der Waals surface area contributed by atoms with E-state index >= 15 is 0 Å². The van der Waals surface area contributed by atoms with E-state index in [1.54, 1.807) is 11.9 Å². The van der Waals surface area contributed by atoms with E-state index in [4.69, 9.17) is 4.74 Å². The lowest BCUT2D eigenvalue weighted by Gasteiger charge is -2.28. The molecule has 102 valence electrons. The minimum Gasteiger partial charge on any atom is -0.381 e. The summed E-state index contributed by atoms with van der Waals surface area (Å²) < 4.78 is 29.9. The van der Waals surface area contributed by atoms with Gasteiger partial charge >= 0.3 is 0 Å². The van der Waals surface area contributed by atoms with Crippen molar-refractivity contribution in [1.82, 2.24) is 10.2 Å². The molecule has 1 saturated heterocycles. The maximum absolute atomic E-state index is 12.3. The van der Waals surface area contributed by atoms with Gasteiger partial charge in [-0.05, 0) is 26.4 Å². The second-order valence-corrected chi connectivity index (χ2v) is 4.80. The van der Waals surface area contributed by atoms with Crippen LogP contribution < -0.4 is 5.32 Å². The second-order valence-electron chi connectivity index (χ2n) is 4.80. The van der Waals surface area contributed by atoms with Crippen LogP contribution in [0.2, 0.25) is 0 Å². The molecule has 5 heteroatoms. The summed E-state index contributed by atoms with van der Waals surface area (Å²) in [4.78, 5) is 1.70. The van der Waals surface area contributed by atoms with E-state index in [9.17, 15) is 8.78 Å². The summed E-state index contributed by atoms with van der Waals surface area (Å²) in [7, 11) is 1.75. The van der Waals surface area contributed by atoms with Crippen molar-refractivity contribution in [1.29, 1.82) is 0 Å². The maximum Gasteiger partial charge on any atom is 0.251 e. The molecule has 1 aliphatic rings. The van der Waals surface area contributed by atoms with Crippen LogP contribution in [0.5, 0.6) is 0 Å². The second kappa shape index (κ2) is 7.95. The number of nitrogens with one attached hydrogen (secondary N) is 1. The van der Waals surface area contributed by atoms with Crippen molar-refractivity contribution in [2.45, 2.75) is 32.2 Å². The summed E-state index contributed by atoms with van der Waals surface area (Å²) in [6.07, 6.45) is -0.168. The first-order valence-electron chi connectivity index (χ1n) is 6.41. The van der Waals surface area contributed by atoms with Crippen molar-refractivity contribution in [3.05, 3.63) is 0 Å². The number of hydrogen-bond acceptors (Lipinski definition) is 3. The number of alkyl halides is 2. The van der Waals surface area contributed by atoms with E-state index in [1.807, 2.05) is 0 Å². The quantitative estimate of drug-likeness (QED) is 0.708. The van der Waals surface area contributed by atoms with Crippen LogP contribution in [0.25, 0.3) is 0 Å². The molecule has 1 N–H and O–H groups in total. The maximum atomic E-state index is 12.3. The lowest BCUT2D eigenvalue weighted by Crippen LogP contribution is -2.46. The fourth-order valence-electron chi connectivity index (χ4n) is 2.23. The first-order valence-corrected chi connectivity index (χ1v) is 6.41. The Kier molecular flexibility index (Phi) is 6.92. The van der Waals surface area contributed by atoms with Crippen LogP contribution in [-0.4, -0.2) is 57.3 Å². The standard InChI is InChI=1S/C12H24F2N2O/c1-3-5-15-11(10-4-6-17-9-10)7-16(2)8-12(13)14/h10-12,15H,3-9H2,1-2H3. The molecular formula is C12H24F2N2O. The average Bonchev–Trinajstić information content (AvgIpc) is 2.76. The summed E-state index contributed by atoms with van der Waals surface area (Å²) in [5, 5.41) is 3.45. The van der Waals surface area contributed by atoms with E-state index in [0.717, 1.165) is 32.6 Å². The van der Waals surface area contributed by atoms with Crippen molar-refractivity contribution in [2.24, 2.45) is 5.92 Å². The lowest BCUT2D eigenvalue weighted by molar-refractivity contribution is 0.0899. The number of hydrogen-bond donors (Lipinski definition) is 1. The molecule has 2 atom stereocenters. The molecule has 0 saturated carbocycles. The molecule has 3 nitrogen and oxygen atoms in total. The van der Waals surface area contributed by atoms with Crippen LogP contribution in [0.1, 0.15) is 19.8 Å². The Morgan fingerprint density at radius 3 is 2.71 bits per heavy atom. The Bertz CT molecular complexity index is 199. The summed E-state index contributed by atoms with van der Waals surface area (Å²) >= 11 is 0. The zero-order valence-corrected chi connectivity index (χ0v) is 10.8. The molecule has 0 radical (unpaired) electrons. The van der Waals surface area contributed by atoms with Crippen LogP contribution in [0.15, 0.2) is 0 Å². The van der Waals surface area contributed by atoms with Crippen molar-refractivity contribution in [3.63, 3.8) is 0 Å². The van der Waals surface area contributed by atoms with Gasteiger partial charge in [-0.3, -0.25) is 4.90 Å². The minimum absolute atomic E-state index is 0.155. The van der Waals surface area contributed by atoms with E-state index < -0.39 is 6.43 Å². The fraction of sp³-hybridized carbons (Fsp3) is 1.00. The average molecular weight is 250 g/mol. The number of rotatable bonds is 8. The van der Waals surface area contributed by atoms with Crippen molar-refractivity contribution in [3.8, 4) is 0 Å². The molecule has 1 fully saturated rings. The van der Waals surface area contributed by atoms with Crippen molar-refractivity contribution >= 4 is 0 Å². The highest BCUT2D eigenvalue weighted by Crippen LogP contribution is 2.17. The number of ether oxygens (including phenoxy) is 1. The zero-order chi connectivity index (χ0) is 12.7. The predicted molar refractivity (Wildman–Crippen MR) is 64.5 cm³/mol. The van der Waals surface area contributed by atoms with Crippen LogP contribution in [0.3, 0.4) is 0 Å². The topological polar surface area (TPSA) is 24.5 Å². The molecule has 1 heterocycles. The molecule has 0 aromatic carbocycles. The van der Waals surface area contributed by atoms with Gasteiger partial charge in [-0.25, -0.2) is 8.78 Å². The first kappa shape index (κ1) is 14.8. The third-order valence-corrected chi connectivity index (χ3v) is 3.15. The summed E-state index contributed by atoms with van der Waals surface area (Å²) in [6, 6.07) is 0.265. The minimum atomic E-state index is -2.26. The van der Waals surface area contributed by atoms with Gasteiger partial charge in [-0.15, -0.1) is 0 Å². The van der Waals surface area contributed by atoms with Crippen molar-refractivity contribution < 1.29 is 13.5 Å². The predicted octanol–water partition coefficient (Wildman–Crippen LogP) is 1.59. The molecule has 0 aromatic rings. The molecule has 1 rings (SSSR count). The van der Waals surface area contributed by atoms with Crippen LogP contribution >= 0.6 is 0 Å². The summed E-state index contributed by atoms with van der Waals surface area (Å²) in [6.45, 7) is 5.11. The summed E-state index contributed by atoms with van der Waals surface area (Å²) in [5.74, 6) is 0.460. The smallest absolute Gasteiger partial charge is 0.251 e. The van der Waals surface area contributed by atoms with Gasteiger partial charge in [0.2, 0.25) is 0 Å². The highest BCUT2D eigenvalue weighted by atomic mass is 19.3. The number of nitrogens with zero attached hydrogens (tertiary/aromatic N) is 1. The van der Waals surface area contributed by atoms with Crippen LogP contribution in [0, 0.1) is 5.92 Å². The summed E-state index contributed by atoms with van der Waals surface area (Å²) in [5.41, 5.74) is 0. The van der Waals surface area contributed by atoms with Crippen LogP contribution in [-0.2, 0) is 4.74 Å². The van der Waals surface area contributed by atoms with Gasteiger partial charge in [0.15, 0.2) is 0 Å². The molecule has 2 unspecified atom stereocenters. The van der Waals surface area contributed by atoms with Crippen LogP contribution in [0.4, 0.5) is 8.78 Å². The van der Waals surface area contributed by atoms with Gasteiger partial charge in [0.05, 0.1) is 13.2 Å². The van der Waals surface area contributed by atoms with Gasteiger partial charge in [0, 0.05) is 25.1 Å². The van der Waals surface area contributed by atoms with Gasteiger partial charge in [-0.2, -0.15) is 0 Å². The molecule has 0 spiro atoms. The Balaban J connectivity index is 2.38. The van der Waals surface area contributed by atoms with Gasteiger partial charge in [-0.1, -0.05) is 6.92 Å². The molecule has 17 heavy (non-hydrogen) atoms. The van der Waals surface area contributed by atoms with E-state index in [-0.39, 0.29) is 12.6 Å². The largest absolute Gasteiger partial charge is 0.381 e.